The Labute approximate surface area is 98.2 Å². The molecule has 2 atom stereocenters. The molecule has 1 N–H and O–H groups in total. The molecule has 1 aliphatic rings. The number of rotatable bonds is 3. The molecule has 1 aromatic heterocycles. The zero-order valence-electron chi connectivity index (χ0n) is 9.03. The van der Waals surface area contributed by atoms with Gasteiger partial charge >= 0.3 is 0 Å². The number of nitrogens with zero attached hydrogens (tertiary/aromatic N) is 2. The second-order valence-electron chi connectivity index (χ2n) is 3.87. The molecule has 0 bridgehead atoms. The summed E-state index contributed by atoms with van der Waals surface area (Å²) in [6, 6.07) is 1.48. The van der Waals surface area contributed by atoms with Gasteiger partial charge in [-0.25, -0.2) is 4.98 Å². The lowest BCUT2D eigenvalue weighted by molar-refractivity contribution is -0.117. The molecule has 0 aliphatic heterocycles. The van der Waals surface area contributed by atoms with E-state index in [1.807, 2.05) is 6.92 Å². The molecule has 0 aromatic carbocycles. The number of aromatic nitrogens is 2. The summed E-state index contributed by atoms with van der Waals surface area (Å²) in [5, 5.41) is 2.87. The number of carbonyl (C=O) groups excluding carboxylic acids is 1. The molecule has 1 aromatic rings. The smallest absolute Gasteiger partial charge is 0.234 e. The van der Waals surface area contributed by atoms with E-state index in [0.717, 1.165) is 6.42 Å². The number of hydrogen-bond acceptors (Lipinski definition) is 4. The van der Waals surface area contributed by atoms with Crippen LogP contribution in [0, 0.1) is 11.8 Å². The quantitative estimate of drug-likeness (QED) is 0.819. The van der Waals surface area contributed by atoms with Crippen LogP contribution in [-0.4, -0.2) is 23.0 Å². The molecule has 2 unspecified atom stereocenters. The van der Waals surface area contributed by atoms with Crippen LogP contribution in [0.2, 0.25) is 5.15 Å². The number of anilines is 1. The summed E-state index contributed by atoms with van der Waals surface area (Å²) in [5.74, 6) is 0.985. The SMILES string of the molecule is COc1cc(Cl)nc(NC(=O)C2CC2C)n1. The molecule has 1 fully saturated rings. The maximum absolute atomic E-state index is 11.6. The molecule has 0 radical (unpaired) electrons. The summed E-state index contributed by atoms with van der Waals surface area (Å²) in [6.07, 6.45) is 0.920. The number of ether oxygens (including phenoxy) is 1. The van der Waals surface area contributed by atoms with Gasteiger partial charge in [0.1, 0.15) is 5.15 Å². The fourth-order valence-corrected chi connectivity index (χ4v) is 1.62. The number of methoxy groups -OCH3 is 1. The Hall–Kier alpha value is -1.36. The first-order chi connectivity index (χ1) is 7.60. The third kappa shape index (κ3) is 2.41. The predicted molar refractivity (Wildman–Crippen MR) is 59.5 cm³/mol. The molecule has 5 nitrogen and oxygen atoms in total. The fourth-order valence-electron chi connectivity index (χ4n) is 1.45. The van der Waals surface area contributed by atoms with E-state index in [1.54, 1.807) is 0 Å². The Morgan fingerprint density at radius 1 is 1.62 bits per heavy atom. The average molecular weight is 242 g/mol. The van der Waals surface area contributed by atoms with Crippen LogP contribution in [0.5, 0.6) is 5.88 Å². The Bertz CT molecular complexity index is 425. The summed E-state index contributed by atoms with van der Waals surface area (Å²) in [4.78, 5) is 19.5. The Kier molecular flexibility index (Phi) is 2.96. The van der Waals surface area contributed by atoms with E-state index in [4.69, 9.17) is 16.3 Å². The number of amides is 1. The zero-order chi connectivity index (χ0) is 11.7. The minimum absolute atomic E-state index is 0.0585. The van der Waals surface area contributed by atoms with Crippen molar-refractivity contribution in [2.24, 2.45) is 11.8 Å². The first-order valence-electron chi connectivity index (χ1n) is 4.99. The molecule has 1 amide bonds. The first-order valence-corrected chi connectivity index (χ1v) is 5.37. The molecule has 16 heavy (non-hydrogen) atoms. The highest BCUT2D eigenvalue weighted by atomic mass is 35.5. The van der Waals surface area contributed by atoms with Crippen molar-refractivity contribution in [2.75, 3.05) is 12.4 Å². The van der Waals surface area contributed by atoms with Crippen molar-refractivity contribution in [3.8, 4) is 5.88 Å². The summed E-state index contributed by atoms with van der Waals surface area (Å²) < 4.78 is 4.93. The number of hydrogen-bond donors (Lipinski definition) is 1. The lowest BCUT2D eigenvalue weighted by Crippen LogP contribution is -2.16. The first kappa shape index (κ1) is 11.1. The minimum Gasteiger partial charge on any atom is -0.481 e. The van der Waals surface area contributed by atoms with Gasteiger partial charge in [-0.3, -0.25) is 10.1 Å². The van der Waals surface area contributed by atoms with E-state index in [1.165, 1.54) is 13.2 Å². The van der Waals surface area contributed by atoms with Gasteiger partial charge in [0, 0.05) is 12.0 Å². The van der Waals surface area contributed by atoms with Gasteiger partial charge in [0.25, 0.3) is 0 Å². The van der Waals surface area contributed by atoms with Crippen LogP contribution in [-0.2, 0) is 4.79 Å². The Morgan fingerprint density at radius 2 is 2.31 bits per heavy atom. The van der Waals surface area contributed by atoms with E-state index >= 15 is 0 Å². The molecular formula is C10H12ClN3O2. The van der Waals surface area contributed by atoms with Gasteiger partial charge in [-0.05, 0) is 12.3 Å². The summed E-state index contributed by atoms with van der Waals surface area (Å²) in [7, 11) is 1.48. The summed E-state index contributed by atoms with van der Waals surface area (Å²) in [6.45, 7) is 2.03. The van der Waals surface area contributed by atoms with Crippen molar-refractivity contribution in [3.63, 3.8) is 0 Å². The van der Waals surface area contributed by atoms with Crippen molar-refractivity contribution in [3.05, 3.63) is 11.2 Å². The van der Waals surface area contributed by atoms with Gasteiger partial charge in [0.15, 0.2) is 0 Å². The predicted octanol–water partition coefficient (Wildman–Crippen LogP) is 1.73. The maximum atomic E-state index is 11.6. The van der Waals surface area contributed by atoms with Gasteiger partial charge < -0.3 is 4.74 Å². The molecule has 0 saturated heterocycles. The molecule has 1 aliphatic carbocycles. The fraction of sp³-hybridized carbons (Fsp3) is 0.500. The average Bonchev–Trinajstić information content (AvgIpc) is 2.94. The molecule has 0 spiro atoms. The van der Waals surface area contributed by atoms with Crippen LogP contribution in [0.15, 0.2) is 6.07 Å². The second kappa shape index (κ2) is 4.25. The van der Waals surface area contributed by atoms with Crippen molar-refractivity contribution in [1.82, 2.24) is 9.97 Å². The van der Waals surface area contributed by atoms with Crippen LogP contribution < -0.4 is 10.1 Å². The van der Waals surface area contributed by atoms with E-state index in [-0.39, 0.29) is 22.9 Å². The van der Waals surface area contributed by atoms with Crippen molar-refractivity contribution < 1.29 is 9.53 Å². The highest BCUT2D eigenvalue weighted by Crippen LogP contribution is 2.38. The van der Waals surface area contributed by atoms with Crippen LogP contribution in [0.3, 0.4) is 0 Å². The summed E-state index contributed by atoms with van der Waals surface area (Å²) in [5.41, 5.74) is 0. The highest BCUT2D eigenvalue weighted by molar-refractivity contribution is 6.29. The Morgan fingerprint density at radius 3 is 2.88 bits per heavy atom. The molecule has 1 heterocycles. The maximum Gasteiger partial charge on any atom is 0.234 e. The van der Waals surface area contributed by atoms with Gasteiger partial charge in [-0.1, -0.05) is 18.5 Å². The van der Waals surface area contributed by atoms with E-state index < -0.39 is 0 Å². The van der Waals surface area contributed by atoms with Crippen molar-refractivity contribution in [2.45, 2.75) is 13.3 Å². The standard InChI is InChI=1S/C10H12ClN3O2/c1-5-3-6(5)9(15)14-10-12-7(11)4-8(13-10)16-2/h4-6H,3H2,1-2H3,(H,12,13,14,15). The molecule has 86 valence electrons. The van der Waals surface area contributed by atoms with Gasteiger partial charge in [-0.2, -0.15) is 4.98 Å². The number of nitrogens with one attached hydrogen (secondary N) is 1. The molecular weight excluding hydrogens is 230 g/mol. The number of halogens is 1. The zero-order valence-corrected chi connectivity index (χ0v) is 9.78. The third-order valence-corrected chi connectivity index (χ3v) is 2.76. The molecule has 2 rings (SSSR count). The van der Waals surface area contributed by atoms with Gasteiger partial charge in [-0.15, -0.1) is 0 Å². The van der Waals surface area contributed by atoms with Gasteiger partial charge in [0.05, 0.1) is 7.11 Å². The van der Waals surface area contributed by atoms with E-state index in [9.17, 15) is 4.79 Å². The number of carbonyl (C=O) groups is 1. The second-order valence-corrected chi connectivity index (χ2v) is 4.25. The largest absolute Gasteiger partial charge is 0.481 e. The monoisotopic (exact) mass is 241 g/mol. The minimum atomic E-state index is -0.0585. The van der Waals surface area contributed by atoms with Crippen LogP contribution in [0.1, 0.15) is 13.3 Å². The lowest BCUT2D eigenvalue weighted by atomic mass is 10.3. The normalized spacial score (nSPS) is 22.7. The molecule has 6 heteroatoms. The topological polar surface area (TPSA) is 64.1 Å². The summed E-state index contributed by atoms with van der Waals surface area (Å²) >= 11 is 5.75. The third-order valence-electron chi connectivity index (χ3n) is 2.56. The lowest BCUT2D eigenvalue weighted by Gasteiger charge is -2.05. The van der Waals surface area contributed by atoms with Crippen LogP contribution in [0.4, 0.5) is 5.95 Å². The van der Waals surface area contributed by atoms with E-state index in [2.05, 4.69) is 15.3 Å². The highest BCUT2D eigenvalue weighted by Gasteiger charge is 2.39. The molecule has 1 saturated carbocycles. The van der Waals surface area contributed by atoms with Gasteiger partial charge in [0.2, 0.25) is 17.7 Å². The van der Waals surface area contributed by atoms with Crippen LogP contribution in [0.25, 0.3) is 0 Å². The van der Waals surface area contributed by atoms with Crippen molar-refractivity contribution >= 4 is 23.5 Å². The Balaban J connectivity index is 2.08. The van der Waals surface area contributed by atoms with E-state index in [0.29, 0.717) is 11.8 Å². The van der Waals surface area contributed by atoms with Crippen LogP contribution >= 0.6 is 11.6 Å². The van der Waals surface area contributed by atoms with Crippen molar-refractivity contribution in [1.29, 1.82) is 0 Å².